The molecule has 0 fully saturated rings. The normalized spacial score (nSPS) is 15.5. The van der Waals surface area contributed by atoms with E-state index in [1.807, 2.05) is 30.3 Å². The zero-order valence-electron chi connectivity index (χ0n) is 15.9. The van der Waals surface area contributed by atoms with Gasteiger partial charge in [-0.3, -0.25) is 14.4 Å². The summed E-state index contributed by atoms with van der Waals surface area (Å²) in [6.07, 6.45) is 1.35. The van der Waals surface area contributed by atoms with Crippen LogP contribution in [0.4, 0.5) is 10.8 Å². The predicted molar refractivity (Wildman–Crippen MR) is 113 cm³/mol. The lowest BCUT2D eigenvalue weighted by Crippen LogP contribution is -2.43. The number of aryl methyl sites for hydroxylation is 2. The molecule has 0 aliphatic carbocycles. The Kier molecular flexibility index (Phi) is 5.80. The molecule has 1 aliphatic heterocycles. The van der Waals surface area contributed by atoms with Crippen molar-refractivity contribution in [2.75, 3.05) is 10.6 Å². The first-order valence-corrected chi connectivity index (χ1v) is 10.3. The highest BCUT2D eigenvalue weighted by Gasteiger charge is 2.29. The molecular weight excluding hydrogens is 402 g/mol. The summed E-state index contributed by atoms with van der Waals surface area (Å²) >= 11 is 1.30. The van der Waals surface area contributed by atoms with Crippen LogP contribution in [0.1, 0.15) is 27.3 Å². The number of aromatic nitrogens is 2. The van der Waals surface area contributed by atoms with Gasteiger partial charge in [-0.1, -0.05) is 53.8 Å². The zero-order chi connectivity index (χ0) is 20.9. The summed E-state index contributed by atoms with van der Waals surface area (Å²) in [5, 5.41) is 17.2. The highest BCUT2D eigenvalue weighted by Crippen LogP contribution is 2.20. The van der Waals surface area contributed by atoms with E-state index in [2.05, 4.69) is 26.1 Å². The maximum atomic E-state index is 12.4. The average molecular weight is 421 g/mol. The summed E-state index contributed by atoms with van der Waals surface area (Å²) in [5.41, 5.74) is 1.99. The summed E-state index contributed by atoms with van der Waals surface area (Å²) in [4.78, 5) is 37.1. The molecule has 152 valence electrons. The highest BCUT2D eigenvalue weighted by atomic mass is 32.1. The lowest BCUT2D eigenvalue weighted by Gasteiger charge is -2.13. The van der Waals surface area contributed by atoms with Crippen LogP contribution in [0, 0.1) is 0 Å². The molecule has 0 saturated heterocycles. The largest absolute Gasteiger partial charge is 0.340 e. The number of para-hydroxylation sites is 1. The smallest absolute Gasteiger partial charge is 0.254 e. The van der Waals surface area contributed by atoms with E-state index in [4.69, 9.17) is 0 Å². The second-order valence-electron chi connectivity index (χ2n) is 6.80. The first-order chi connectivity index (χ1) is 14.6. The SMILES string of the molecule is O=C(CC1NC(=O)c2ccccc2NC1=O)Nc1nnc(CCc2ccccc2)s1. The maximum Gasteiger partial charge on any atom is 0.254 e. The van der Waals surface area contributed by atoms with Crippen LogP contribution in [0.25, 0.3) is 0 Å². The molecular formula is C21H19N5O3S. The number of carbonyl (C=O) groups excluding carboxylic acids is 3. The minimum Gasteiger partial charge on any atom is -0.340 e. The van der Waals surface area contributed by atoms with Crippen LogP contribution in [0.5, 0.6) is 0 Å². The standard InChI is InChI=1S/C21H19N5O3S/c27-17(12-16-20(29)22-15-9-5-4-8-14(15)19(28)23-16)24-21-26-25-18(30-21)11-10-13-6-2-1-3-7-13/h1-9,16H,10-12H2,(H,22,29)(H,23,28)(H,24,26,27). The van der Waals surface area contributed by atoms with Crippen molar-refractivity contribution in [1.29, 1.82) is 0 Å². The number of nitrogens with one attached hydrogen (secondary N) is 3. The van der Waals surface area contributed by atoms with Crippen LogP contribution in [-0.4, -0.2) is 34.0 Å². The van der Waals surface area contributed by atoms with Crippen molar-refractivity contribution < 1.29 is 14.4 Å². The quantitative estimate of drug-likeness (QED) is 0.566. The zero-order valence-corrected chi connectivity index (χ0v) is 16.7. The van der Waals surface area contributed by atoms with Crippen LogP contribution in [0.3, 0.4) is 0 Å². The maximum absolute atomic E-state index is 12.4. The van der Waals surface area contributed by atoms with E-state index in [0.717, 1.165) is 17.8 Å². The minimum absolute atomic E-state index is 0.204. The van der Waals surface area contributed by atoms with E-state index in [1.165, 1.54) is 16.9 Å². The molecule has 30 heavy (non-hydrogen) atoms. The van der Waals surface area contributed by atoms with Gasteiger partial charge in [-0.2, -0.15) is 0 Å². The van der Waals surface area contributed by atoms with Gasteiger partial charge in [0.15, 0.2) is 0 Å². The van der Waals surface area contributed by atoms with E-state index < -0.39 is 23.8 Å². The summed E-state index contributed by atoms with van der Waals surface area (Å²) in [5.74, 6) is -1.27. The Labute approximate surface area is 176 Å². The van der Waals surface area contributed by atoms with Gasteiger partial charge < -0.3 is 16.0 Å². The average Bonchev–Trinajstić information content (AvgIpc) is 3.15. The molecule has 3 N–H and O–H groups in total. The molecule has 4 rings (SSSR count). The number of benzene rings is 2. The van der Waals surface area contributed by atoms with Crippen molar-refractivity contribution >= 4 is 39.9 Å². The fourth-order valence-corrected chi connectivity index (χ4v) is 3.87. The van der Waals surface area contributed by atoms with Gasteiger partial charge in [-0.25, -0.2) is 0 Å². The first kappa shape index (κ1) is 19.7. The van der Waals surface area contributed by atoms with E-state index in [-0.39, 0.29) is 6.42 Å². The second kappa shape index (κ2) is 8.83. The fourth-order valence-electron chi connectivity index (χ4n) is 3.11. The summed E-state index contributed by atoms with van der Waals surface area (Å²) in [7, 11) is 0. The van der Waals surface area contributed by atoms with Crippen LogP contribution in [0.2, 0.25) is 0 Å². The number of hydrogen-bond donors (Lipinski definition) is 3. The number of amides is 3. The third-order valence-electron chi connectivity index (χ3n) is 4.62. The molecule has 1 atom stereocenters. The van der Waals surface area contributed by atoms with Crippen molar-refractivity contribution in [3.63, 3.8) is 0 Å². The number of nitrogens with zero attached hydrogens (tertiary/aromatic N) is 2. The van der Waals surface area contributed by atoms with Gasteiger partial charge in [-0.05, 0) is 24.1 Å². The molecule has 1 aromatic heterocycles. The number of hydrogen-bond acceptors (Lipinski definition) is 6. The molecule has 9 heteroatoms. The number of fused-ring (bicyclic) bond motifs is 1. The third kappa shape index (κ3) is 4.69. The Hall–Kier alpha value is -3.59. The van der Waals surface area contributed by atoms with Gasteiger partial charge in [0.05, 0.1) is 17.7 Å². The molecule has 3 aromatic rings. The van der Waals surface area contributed by atoms with Crippen LogP contribution >= 0.6 is 11.3 Å². The van der Waals surface area contributed by atoms with Gasteiger partial charge in [-0.15, -0.1) is 10.2 Å². The molecule has 0 spiro atoms. The number of rotatable bonds is 6. The highest BCUT2D eigenvalue weighted by molar-refractivity contribution is 7.15. The van der Waals surface area contributed by atoms with E-state index in [1.54, 1.807) is 24.3 Å². The summed E-state index contributed by atoms with van der Waals surface area (Å²) in [6.45, 7) is 0. The van der Waals surface area contributed by atoms with Crippen LogP contribution in [-0.2, 0) is 22.4 Å². The molecule has 1 aliphatic rings. The summed E-state index contributed by atoms with van der Waals surface area (Å²) in [6, 6.07) is 15.8. The number of carbonyl (C=O) groups is 3. The molecule has 2 heterocycles. The third-order valence-corrected chi connectivity index (χ3v) is 5.52. The first-order valence-electron chi connectivity index (χ1n) is 9.45. The molecule has 1 unspecified atom stereocenters. The topological polar surface area (TPSA) is 113 Å². The van der Waals surface area contributed by atoms with Gasteiger partial charge in [0.25, 0.3) is 5.91 Å². The predicted octanol–water partition coefficient (Wildman–Crippen LogP) is 2.40. The van der Waals surface area contributed by atoms with E-state index in [0.29, 0.717) is 16.4 Å². The van der Waals surface area contributed by atoms with Gasteiger partial charge >= 0.3 is 0 Å². The van der Waals surface area contributed by atoms with Gasteiger partial charge in [0.2, 0.25) is 16.9 Å². The Morgan fingerprint density at radius 1 is 1.00 bits per heavy atom. The monoisotopic (exact) mass is 421 g/mol. The van der Waals surface area contributed by atoms with Crippen molar-refractivity contribution in [2.24, 2.45) is 0 Å². The van der Waals surface area contributed by atoms with Crippen molar-refractivity contribution in [3.05, 3.63) is 70.7 Å². The van der Waals surface area contributed by atoms with Crippen LogP contribution < -0.4 is 16.0 Å². The minimum atomic E-state index is -0.977. The van der Waals surface area contributed by atoms with Crippen LogP contribution in [0.15, 0.2) is 54.6 Å². The Bertz CT molecular complexity index is 1080. The van der Waals surface area contributed by atoms with Gasteiger partial charge in [0, 0.05) is 6.42 Å². The Morgan fingerprint density at radius 2 is 1.77 bits per heavy atom. The van der Waals surface area contributed by atoms with E-state index >= 15 is 0 Å². The van der Waals surface area contributed by atoms with Crippen molar-refractivity contribution in [2.45, 2.75) is 25.3 Å². The molecule has 8 nitrogen and oxygen atoms in total. The van der Waals surface area contributed by atoms with Crippen molar-refractivity contribution in [1.82, 2.24) is 15.5 Å². The molecule has 0 saturated carbocycles. The molecule has 0 radical (unpaired) electrons. The van der Waals surface area contributed by atoms with Gasteiger partial charge in [0.1, 0.15) is 11.0 Å². The molecule has 3 amide bonds. The van der Waals surface area contributed by atoms with E-state index in [9.17, 15) is 14.4 Å². The molecule has 0 bridgehead atoms. The Balaban J connectivity index is 1.33. The Morgan fingerprint density at radius 3 is 2.60 bits per heavy atom. The lowest BCUT2D eigenvalue weighted by atomic mass is 10.1. The second-order valence-corrected chi connectivity index (χ2v) is 7.86. The lowest BCUT2D eigenvalue weighted by molar-refractivity contribution is -0.122. The fraction of sp³-hybridized carbons (Fsp3) is 0.190. The number of anilines is 2. The summed E-state index contributed by atoms with van der Waals surface area (Å²) < 4.78 is 0. The molecule has 2 aromatic carbocycles. The van der Waals surface area contributed by atoms with Crippen molar-refractivity contribution in [3.8, 4) is 0 Å².